The molecule has 13 heavy (non-hydrogen) atoms. The van der Waals surface area contributed by atoms with Crippen molar-refractivity contribution in [3.8, 4) is 0 Å². The molecule has 4 atom stereocenters. The molecule has 1 aliphatic carbocycles. The van der Waals surface area contributed by atoms with Gasteiger partial charge in [-0.25, -0.2) is 0 Å². The molecule has 0 N–H and O–H groups in total. The second-order valence-electron chi connectivity index (χ2n) is 4.32. The second-order valence-corrected chi connectivity index (χ2v) is 5.20. The van der Waals surface area contributed by atoms with E-state index >= 15 is 0 Å². The molecule has 0 aromatic carbocycles. The predicted molar refractivity (Wildman–Crippen MR) is 53.7 cm³/mol. The molecule has 2 rings (SSSR count). The van der Waals surface area contributed by atoms with Crippen molar-refractivity contribution in [3.05, 3.63) is 0 Å². The lowest BCUT2D eigenvalue weighted by atomic mass is 9.89. The number of carbonyl (C=O) groups excluding carboxylic acids is 1. The van der Waals surface area contributed by atoms with Crippen LogP contribution in [0.15, 0.2) is 0 Å². The van der Waals surface area contributed by atoms with Crippen molar-refractivity contribution in [2.24, 2.45) is 17.8 Å². The van der Waals surface area contributed by atoms with Crippen LogP contribution in [0.4, 0.5) is 0 Å². The molecule has 0 radical (unpaired) electrons. The Bertz CT molecular complexity index is 215. The summed E-state index contributed by atoms with van der Waals surface area (Å²) in [5.41, 5.74) is 0. The summed E-state index contributed by atoms with van der Waals surface area (Å²) in [5, 5.41) is 0.444. The summed E-state index contributed by atoms with van der Waals surface area (Å²) >= 11 is 4.40. The number of thiol groups is 1. The average molecular weight is 200 g/mol. The summed E-state index contributed by atoms with van der Waals surface area (Å²) < 4.78 is 5.07. The van der Waals surface area contributed by atoms with E-state index < -0.39 is 0 Å². The van der Waals surface area contributed by atoms with Gasteiger partial charge < -0.3 is 4.74 Å². The molecule has 2 fully saturated rings. The summed E-state index contributed by atoms with van der Waals surface area (Å²) in [6, 6.07) is 0. The number of cyclic esters (lactones) is 1. The Hall–Kier alpha value is -0.180. The highest BCUT2D eigenvalue weighted by atomic mass is 32.1. The largest absolute Gasteiger partial charge is 0.465 e. The highest BCUT2D eigenvalue weighted by Crippen LogP contribution is 2.44. The molecule has 1 aliphatic heterocycles. The van der Waals surface area contributed by atoms with Crippen LogP contribution in [0.3, 0.4) is 0 Å². The lowest BCUT2D eigenvalue weighted by molar-refractivity contribution is -0.141. The molecule has 1 heterocycles. The van der Waals surface area contributed by atoms with Gasteiger partial charge in [-0.15, -0.1) is 0 Å². The minimum atomic E-state index is 0.0410. The zero-order valence-electron chi connectivity index (χ0n) is 7.90. The summed E-state index contributed by atoms with van der Waals surface area (Å²) in [7, 11) is 0. The summed E-state index contributed by atoms with van der Waals surface area (Å²) in [4.78, 5) is 11.2. The van der Waals surface area contributed by atoms with Crippen LogP contribution in [0.5, 0.6) is 0 Å². The van der Waals surface area contributed by atoms with Crippen LogP contribution >= 0.6 is 12.6 Å². The molecule has 0 aromatic heterocycles. The van der Waals surface area contributed by atoms with E-state index in [1.165, 1.54) is 6.42 Å². The van der Waals surface area contributed by atoms with Crippen LogP contribution in [-0.2, 0) is 9.53 Å². The topological polar surface area (TPSA) is 26.3 Å². The number of carbonyl (C=O) groups is 1. The maximum Gasteiger partial charge on any atom is 0.309 e. The smallest absolute Gasteiger partial charge is 0.309 e. The van der Waals surface area contributed by atoms with Gasteiger partial charge in [-0.05, 0) is 30.4 Å². The average Bonchev–Trinajstić information content (AvgIpc) is 2.56. The Labute approximate surface area is 84.4 Å². The number of hydrogen-bond donors (Lipinski definition) is 1. The van der Waals surface area contributed by atoms with Crippen molar-refractivity contribution in [2.75, 3.05) is 6.61 Å². The first kappa shape index (κ1) is 9.38. The lowest BCUT2D eigenvalue weighted by Crippen LogP contribution is -2.16. The third-order valence-electron chi connectivity index (χ3n) is 3.34. The van der Waals surface area contributed by atoms with Crippen molar-refractivity contribution in [1.29, 1.82) is 0 Å². The molecule has 2 aliphatic rings. The molecule has 1 saturated heterocycles. The standard InChI is InChI=1S/C10H16O2S/c1-6(13)4-7-2-3-8-9(7)5-12-10(8)11/h6-9,13H,2-5H2,1H3. The maximum absolute atomic E-state index is 11.2. The van der Waals surface area contributed by atoms with Crippen LogP contribution in [0, 0.1) is 17.8 Å². The van der Waals surface area contributed by atoms with Crippen molar-refractivity contribution in [1.82, 2.24) is 0 Å². The SMILES string of the molecule is CC(S)CC1CCC2C(=O)OCC12. The van der Waals surface area contributed by atoms with E-state index in [4.69, 9.17) is 4.74 Å². The first-order valence-corrected chi connectivity index (χ1v) is 5.55. The molecule has 0 bridgehead atoms. The first-order valence-electron chi connectivity index (χ1n) is 5.03. The van der Waals surface area contributed by atoms with E-state index in [2.05, 4.69) is 19.6 Å². The molecule has 0 aromatic rings. The fraction of sp³-hybridized carbons (Fsp3) is 0.900. The van der Waals surface area contributed by atoms with Gasteiger partial charge >= 0.3 is 5.97 Å². The third-order valence-corrected chi connectivity index (χ3v) is 3.55. The van der Waals surface area contributed by atoms with Crippen molar-refractivity contribution in [3.63, 3.8) is 0 Å². The Morgan fingerprint density at radius 3 is 3.08 bits per heavy atom. The van der Waals surface area contributed by atoms with E-state index in [9.17, 15) is 4.79 Å². The van der Waals surface area contributed by atoms with E-state index in [-0.39, 0.29) is 11.9 Å². The van der Waals surface area contributed by atoms with Gasteiger partial charge in [-0.2, -0.15) is 12.6 Å². The van der Waals surface area contributed by atoms with Gasteiger partial charge in [-0.1, -0.05) is 6.92 Å². The normalized spacial score (nSPS) is 40.2. The first-order chi connectivity index (χ1) is 6.18. The molecular weight excluding hydrogens is 184 g/mol. The minimum Gasteiger partial charge on any atom is -0.465 e. The highest BCUT2D eigenvalue weighted by Gasteiger charge is 2.45. The van der Waals surface area contributed by atoms with E-state index in [1.54, 1.807) is 0 Å². The van der Waals surface area contributed by atoms with Gasteiger partial charge in [-0.3, -0.25) is 4.79 Å². The van der Waals surface area contributed by atoms with Gasteiger partial charge in [0.25, 0.3) is 0 Å². The van der Waals surface area contributed by atoms with E-state index in [1.807, 2.05) is 0 Å². The predicted octanol–water partition coefficient (Wildman–Crippen LogP) is 1.89. The zero-order valence-corrected chi connectivity index (χ0v) is 8.80. The Morgan fingerprint density at radius 1 is 1.62 bits per heavy atom. The quantitative estimate of drug-likeness (QED) is 0.544. The van der Waals surface area contributed by atoms with Crippen molar-refractivity contribution < 1.29 is 9.53 Å². The van der Waals surface area contributed by atoms with Crippen molar-refractivity contribution >= 4 is 18.6 Å². The van der Waals surface area contributed by atoms with Crippen LogP contribution < -0.4 is 0 Å². The number of hydrogen-bond acceptors (Lipinski definition) is 3. The number of fused-ring (bicyclic) bond motifs is 1. The maximum atomic E-state index is 11.2. The molecule has 3 heteroatoms. The Morgan fingerprint density at radius 2 is 2.38 bits per heavy atom. The van der Waals surface area contributed by atoms with Gasteiger partial charge in [0, 0.05) is 5.92 Å². The lowest BCUT2D eigenvalue weighted by Gasteiger charge is -2.17. The summed E-state index contributed by atoms with van der Waals surface area (Å²) in [6.45, 7) is 2.78. The van der Waals surface area contributed by atoms with E-state index in [0.29, 0.717) is 23.7 Å². The Balaban J connectivity index is 1.98. The molecule has 4 unspecified atom stereocenters. The van der Waals surface area contributed by atoms with Gasteiger partial charge in [0.05, 0.1) is 12.5 Å². The molecule has 2 nitrogen and oxygen atoms in total. The van der Waals surface area contributed by atoms with E-state index in [0.717, 1.165) is 12.8 Å². The second kappa shape index (κ2) is 3.52. The van der Waals surface area contributed by atoms with Crippen LogP contribution in [0.2, 0.25) is 0 Å². The highest BCUT2D eigenvalue weighted by molar-refractivity contribution is 7.80. The fourth-order valence-electron chi connectivity index (χ4n) is 2.71. The number of ether oxygens (including phenoxy) is 1. The van der Waals surface area contributed by atoms with Crippen LogP contribution in [0.25, 0.3) is 0 Å². The molecule has 0 spiro atoms. The van der Waals surface area contributed by atoms with Gasteiger partial charge in [0.2, 0.25) is 0 Å². The summed E-state index contributed by atoms with van der Waals surface area (Å²) in [6.07, 6.45) is 3.35. The summed E-state index contributed by atoms with van der Waals surface area (Å²) in [5.74, 6) is 1.43. The molecular formula is C10H16O2S. The third kappa shape index (κ3) is 1.71. The number of rotatable bonds is 2. The zero-order chi connectivity index (χ0) is 9.42. The fourth-order valence-corrected chi connectivity index (χ4v) is 2.98. The van der Waals surface area contributed by atoms with Crippen LogP contribution in [0.1, 0.15) is 26.2 Å². The van der Waals surface area contributed by atoms with Crippen LogP contribution in [-0.4, -0.2) is 17.8 Å². The number of esters is 1. The molecule has 74 valence electrons. The monoisotopic (exact) mass is 200 g/mol. The van der Waals surface area contributed by atoms with Gasteiger partial charge in [0.15, 0.2) is 0 Å². The molecule has 1 saturated carbocycles. The molecule has 0 amide bonds. The minimum absolute atomic E-state index is 0.0410. The van der Waals surface area contributed by atoms with Gasteiger partial charge in [0.1, 0.15) is 0 Å². The Kier molecular flexibility index (Phi) is 2.54. The van der Waals surface area contributed by atoms with Crippen molar-refractivity contribution in [2.45, 2.75) is 31.4 Å².